The molecule has 3 nitrogen and oxygen atoms in total. The SMILES string of the molecule is OCCCc1c(F)c(Cl)cc2c1OCCO2. The summed E-state index contributed by atoms with van der Waals surface area (Å²) in [6.45, 7) is 0.843. The Labute approximate surface area is 97.7 Å². The Morgan fingerprint density at radius 2 is 2.12 bits per heavy atom. The number of halogens is 2. The Kier molecular flexibility index (Phi) is 3.51. The number of hydrogen-bond acceptors (Lipinski definition) is 3. The summed E-state index contributed by atoms with van der Waals surface area (Å²) in [5.74, 6) is 0.409. The van der Waals surface area contributed by atoms with Gasteiger partial charge in [0, 0.05) is 18.2 Å². The molecule has 0 unspecified atom stereocenters. The molecular weight excluding hydrogens is 235 g/mol. The van der Waals surface area contributed by atoms with E-state index in [-0.39, 0.29) is 11.6 Å². The fourth-order valence-electron chi connectivity index (χ4n) is 1.68. The highest BCUT2D eigenvalue weighted by molar-refractivity contribution is 6.31. The summed E-state index contributed by atoms with van der Waals surface area (Å²) in [4.78, 5) is 0. The third kappa shape index (κ3) is 2.08. The number of ether oxygens (including phenoxy) is 2. The van der Waals surface area contributed by atoms with Gasteiger partial charge in [-0.25, -0.2) is 4.39 Å². The van der Waals surface area contributed by atoms with E-state index in [1.54, 1.807) is 0 Å². The number of rotatable bonds is 3. The lowest BCUT2D eigenvalue weighted by Gasteiger charge is -2.22. The fraction of sp³-hybridized carbons (Fsp3) is 0.455. The molecule has 0 saturated carbocycles. The fourth-order valence-corrected chi connectivity index (χ4v) is 1.89. The molecule has 1 aromatic rings. The summed E-state index contributed by atoms with van der Waals surface area (Å²) in [7, 11) is 0. The molecular formula is C11H12ClFO3. The maximum Gasteiger partial charge on any atom is 0.167 e. The molecule has 0 bridgehead atoms. The Morgan fingerprint density at radius 1 is 1.38 bits per heavy atom. The quantitative estimate of drug-likeness (QED) is 0.889. The van der Waals surface area contributed by atoms with Gasteiger partial charge in [-0.05, 0) is 12.8 Å². The van der Waals surface area contributed by atoms with Crippen LogP contribution in [0.5, 0.6) is 11.5 Å². The highest BCUT2D eigenvalue weighted by Gasteiger charge is 2.22. The molecule has 1 heterocycles. The van der Waals surface area contributed by atoms with Crippen molar-refractivity contribution in [3.63, 3.8) is 0 Å². The van der Waals surface area contributed by atoms with Crippen molar-refractivity contribution >= 4 is 11.6 Å². The van der Waals surface area contributed by atoms with Gasteiger partial charge >= 0.3 is 0 Å². The molecule has 0 saturated heterocycles. The van der Waals surface area contributed by atoms with Crippen LogP contribution in [0.15, 0.2) is 6.07 Å². The first-order chi connectivity index (χ1) is 7.74. The summed E-state index contributed by atoms with van der Waals surface area (Å²) in [5, 5.41) is 8.79. The number of fused-ring (bicyclic) bond motifs is 1. The molecule has 88 valence electrons. The van der Waals surface area contributed by atoms with E-state index in [1.807, 2.05) is 0 Å². The minimum absolute atomic E-state index is 0.00157. The van der Waals surface area contributed by atoms with Crippen molar-refractivity contribution in [2.45, 2.75) is 12.8 Å². The van der Waals surface area contributed by atoms with E-state index in [2.05, 4.69) is 0 Å². The third-order valence-electron chi connectivity index (χ3n) is 2.40. The standard InChI is InChI=1S/C11H12ClFO3/c12-8-6-9-11(16-5-4-15-9)7(10(8)13)2-1-3-14/h6,14H,1-5H2. The summed E-state index contributed by atoms with van der Waals surface area (Å²) < 4.78 is 24.5. The van der Waals surface area contributed by atoms with Crippen LogP contribution >= 0.6 is 11.6 Å². The van der Waals surface area contributed by atoms with E-state index in [4.69, 9.17) is 26.2 Å². The summed E-state index contributed by atoms with van der Waals surface area (Å²) in [6.07, 6.45) is 0.849. The van der Waals surface area contributed by atoms with Crippen LogP contribution in [0.25, 0.3) is 0 Å². The molecule has 0 aliphatic carbocycles. The van der Waals surface area contributed by atoms with E-state index in [0.717, 1.165) is 0 Å². The number of aliphatic hydroxyl groups excluding tert-OH is 1. The Morgan fingerprint density at radius 3 is 2.88 bits per heavy atom. The Bertz CT molecular complexity index is 395. The van der Waals surface area contributed by atoms with Crippen LogP contribution in [0.4, 0.5) is 4.39 Å². The van der Waals surface area contributed by atoms with Crippen molar-refractivity contribution in [3.05, 3.63) is 22.5 Å². The van der Waals surface area contributed by atoms with Crippen LogP contribution in [0.3, 0.4) is 0 Å². The van der Waals surface area contributed by atoms with Gasteiger partial charge in [0.2, 0.25) is 0 Å². The minimum atomic E-state index is -0.487. The third-order valence-corrected chi connectivity index (χ3v) is 2.68. The van der Waals surface area contributed by atoms with Gasteiger partial charge < -0.3 is 14.6 Å². The molecule has 0 radical (unpaired) electrons. The molecule has 2 rings (SSSR count). The molecule has 0 fully saturated rings. The van der Waals surface area contributed by atoms with Crippen LogP contribution in [0, 0.1) is 5.82 Å². The molecule has 16 heavy (non-hydrogen) atoms. The van der Waals surface area contributed by atoms with Crippen molar-refractivity contribution in [1.29, 1.82) is 0 Å². The van der Waals surface area contributed by atoms with Crippen molar-refractivity contribution in [1.82, 2.24) is 0 Å². The average molecular weight is 247 g/mol. The van der Waals surface area contributed by atoms with Gasteiger partial charge in [-0.2, -0.15) is 0 Å². The van der Waals surface area contributed by atoms with Gasteiger partial charge in [0.1, 0.15) is 19.0 Å². The van der Waals surface area contributed by atoms with Gasteiger partial charge in [0.05, 0.1) is 5.02 Å². The zero-order valence-electron chi connectivity index (χ0n) is 8.63. The Balaban J connectivity index is 2.41. The number of hydrogen-bond donors (Lipinski definition) is 1. The summed E-state index contributed by atoms with van der Waals surface area (Å²) in [5.41, 5.74) is 0.385. The largest absolute Gasteiger partial charge is 0.486 e. The molecule has 1 N–H and O–H groups in total. The summed E-state index contributed by atoms with van der Waals surface area (Å²) in [6, 6.07) is 1.42. The molecule has 0 atom stereocenters. The van der Waals surface area contributed by atoms with Crippen LogP contribution in [-0.4, -0.2) is 24.9 Å². The second-order valence-electron chi connectivity index (χ2n) is 3.50. The maximum absolute atomic E-state index is 13.8. The van der Waals surface area contributed by atoms with E-state index >= 15 is 0 Å². The van der Waals surface area contributed by atoms with Crippen molar-refractivity contribution in [2.24, 2.45) is 0 Å². The van der Waals surface area contributed by atoms with Crippen molar-refractivity contribution in [2.75, 3.05) is 19.8 Å². The van der Waals surface area contributed by atoms with E-state index in [0.29, 0.717) is 43.1 Å². The van der Waals surface area contributed by atoms with Crippen LogP contribution in [0.2, 0.25) is 5.02 Å². The molecule has 1 aliphatic rings. The molecule has 0 spiro atoms. The van der Waals surface area contributed by atoms with Gasteiger partial charge in [-0.3, -0.25) is 0 Å². The van der Waals surface area contributed by atoms with Gasteiger partial charge in [-0.15, -0.1) is 0 Å². The van der Waals surface area contributed by atoms with Crippen LogP contribution in [0.1, 0.15) is 12.0 Å². The molecule has 0 aromatic heterocycles. The monoisotopic (exact) mass is 246 g/mol. The normalized spacial score (nSPS) is 13.9. The highest BCUT2D eigenvalue weighted by atomic mass is 35.5. The van der Waals surface area contributed by atoms with Gasteiger partial charge in [-0.1, -0.05) is 11.6 Å². The van der Waals surface area contributed by atoms with E-state index in [9.17, 15) is 4.39 Å². The minimum Gasteiger partial charge on any atom is -0.486 e. The predicted molar refractivity (Wildman–Crippen MR) is 57.8 cm³/mol. The molecule has 5 heteroatoms. The van der Waals surface area contributed by atoms with E-state index < -0.39 is 5.82 Å². The first kappa shape index (κ1) is 11.5. The molecule has 0 amide bonds. The lowest BCUT2D eigenvalue weighted by molar-refractivity contribution is 0.168. The van der Waals surface area contributed by atoms with Gasteiger partial charge in [0.25, 0.3) is 0 Å². The Hall–Kier alpha value is -1.00. The lowest BCUT2D eigenvalue weighted by atomic mass is 10.1. The number of aliphatic hydroxyl groups is 1. The average Bonchev–Trinajstić information content (AvgIpc) is 2.30. The topological polar surface area (TPSA) is 38.7 Å². The molecule has 1 aliphatic heterocycles. The smallest absolute Gasteiger partial charge is 0.167 e. The zero-order chi connectivity index (χ0) is 11.5. The van der Waals surface area contributed by atoms with Crippen molar-refractivity contribution < 1.29 is 19.0 Å². The second-order valence-corrected chi connectivity index (χ2v) is 3.91. The van der Waals surface area contributed by atoms with E-state index in [1.165, 1.54) is 6.07 Å². The van der Waals surface area contributed by atoms with Crippen LogP contribution in [-0.2, 0) is 6.42 Å². The lowest BCUT2D eigenvalue weighted by Crippen LogP contribution is -2.17. The first-order valence-corrected chi connectivity index (χ1v) is 5.49. The van der Waals surface area contributed by atoms with Gasteiger partial charge in [0.15, 0.2) is 11.5 Å². The predicted octanol–water partition coefficient (Wildman–Crippen LogP) is 2.18. The van der Waals surface area contributed by atoms with Crippen LogP contribution < -0.4 is 9.47 Å². The highest BCUT2D eigenvalue weighted by Crippen LogP contribution is 2.39. The molecule has 1 aromatic carbocycles. The van der Waals surface area contributed by atoms with Crippen molar-refractivity contribution in [3.8, 4) is 11.5 Å². The first-order valence-electron chi connectivity index (χ1n) is 5.11. The second kappa shape index (κ2) is 4.89. The maximum atomic E-state index is 13.8. The zero-order valence-corrected chi connectivity index (χ0v) is 9.39. The number of benzene rings is 1. The summed E-state index contributed by atoms with van der Waals surface area (Å²) >= 11 is 5.76.